The SMILES string of the molecule is Cl.FC(F)(F)[s+]1c(-c2ccc(Cl)cc2)cc2ccccc21. The van der Waals surface area contributed by atoms with Gasteiger partial charge >= 0.3 is 5.51 Å². The third kappa shape index (κ3) is 3.03. The zero-order valence-electron chi connectivity index (χ0n) is 10.5. The van der Waals surface area contributed by atoms with Gasteiger partial charge in [-0.3, -0.25) is 0 Å². The van der Waals surface area contributed by atoms with Crippen molar-refractivity contribution in [1.82, 2.24) is 0 Å². The lowest BCUT2D eigenvalue weighted by Gasteiger charge is -2.00. The maximum atomic E-state index is 13.4. The Morgan fingerprint density at radius 1 is 0.905 bits per heavy atom. The third-order valence-electron chi connectivity index (χ3n) is 3.01. The molecule has 0 saturated carbocycles. The van der Waals surface area contributed by atoms with Gasteiger partial charge < -0.3 is 0 Å². The fraction of sp³-hybridized carbons (Fsp3) is 0.0667. The third-order valence-corrected chi connectivity index (χ3v) is 5.33. The molecule has 21 heavy (non-hydrogen) atoms. The summed E-state index contributed by atoms with van der Waals surface area (Å²) in [4.78, 5) is 0.301. The Hall–Kier alpha value is -1.23. The Morgan fingerprint density at radius 2 is 1.52 bits per heavy atom. The number of thiophene rings is 1. The molecule has 0 N–H and O–H groups in total. The number of alkyl halides is 3. The lowest BCUT2D eigenvalue weighted by Crippen LogP contribution is -1.96. The van der Waals surface area contributed by atoms with Crippen molar-refractivity contribution >= 4 is 44.6 Å². The highest BCUT2D eigenvalue weighted by atomic mass is 35.5. The van der Waals surface area contributed by atoms with Crippen molar-refractivity contribution in [3.05, 3.63) is 59.6 Å². The average molecular weight is 350 g/mol. The number of benzene rings is 2. The molecular formula is C15H10Cl2F3S+. The van der Waals surface area contributed by atoms with Crippen molar-refractivity contribution in [2.24, 2.45) is 0 Å². The quantitative estimate of drug-likeness (QED) is 0.423. The van der Waals surface area contributed by atoms with Crippen LogP contribution in [-0.4, -0.2) is 0 Å². The number of fused-ring (bicyclic) bond motifs is 1. The van der Waals surface area contributed by atoms with Gasteiger partial charge in [-0.05, 0) is 36.4 Å². The molecule has 0 saturated heterocycles. The lowest BCUT2D eigenvalue weighted by molar-refractivity contribution is -0.0864. The van der Waals surface area contributed by atoms with Crippen molar-refractivity contribution in [2.45, 2.75) is 5.51 Å². The average Bonchev–Trinajstić information content (AvgIpc) is 2.78. The zero-order valence-corrected chi connectivity index (χ0v) is 12.9. The minimum Gasteiger partial charge on any atom is -0.147 e. The molecule has 0 bridgehead atoms. The van der Waals surface area contributed by atoms with Gasteiger partial charge in [0.05, 0.1) is 0 Å². The van der Waals surface area contributed by atoms with Crippen LogP contribution >= 0.6 is 34.5 Å². The molecule has 0 nitrogen and oxygen atoms in total. The van der Waals surface area contributed by atoms with E-state index in [1.165, 1.54) is 0 Å². The molecule has 3 aromatic rings. The normalized spacial score (nSPS) is 12.3. The van der Waals surface area contributed by atoms with Gasteiger partial charge in [0.1, 0.15) is 10.5 Å². The topological polar surface area (TPSA) is 0 Å². The van der Waals surface area contributed by atoms with Crippen molar-refractivity contribution < 1.29 is 13.2 Å². The molecule has 0 fully saturated rings. The summed E-state index contributed by atoms with van der Waals surface area (Å²) in [5, 5.41) is 1.15. The summed E-state index contributed by atoms with van der Waals surface area (Å²) >= 11 is 5.79. The standard InChI is InChI=1S/C15H9ClF3S.ClH/c16-12-7-5-10(6-8-12)14-9-11-3-1-2-4-13(11)20(14)15(17,18)19;/h1-9H;1H/q+1;. The van der Waals surface area contributed by atoms with Gasteiger partial charge in [0, 0.05) is 22.0 Å². The molecule has 0 aliphatic carbocycles. The molecule has 110 valence electrons. The second-order valence-electron chi connectivity index (χ2n) is 4.31. The van der Waals surface area contributed by atoms with Crippen LogP contribution in [0.2, 0.25) is 5.02 Å². The Balaban J connectivity index is 0.00000161. The Morgan fingerprint density at radius 3 is 2.14 bits per heavy atom. The van der Waals surface area contributed by atoms with Crippen molar-refractivity contribution in [2.75, 3.05) is 0 Å². The van der Waals surface area contributed by atoms with Gasteiger partial charge in [-0.2, -0.15) is 0 Å². The molecular weight excluding hydrogens is 340 g/mol. The van der Waals surface area contributed by atoms with E-state index in [1.807, 2.05) is 0 Å². The Bertz CT molecular complexity index is 761. The lowest BCUT2D eigenvalue weighted by atomic mass is 10.1. The minimum absolute atomic E-state index is 0. The molecule has 6 heteroatoms. The van der Waals surface area contributed by atoms with E-state index in [1.54, 1.807) is 54.6 Å². The van der Waals surface area contributed by atoms with E-state index in [4.69, 9.17) is 11.6 Å². The van der Waals surface area contributed by atoms with Gasteiger partial charge in [-0.1, -0.05) is 23.7 Å². The first kappa shape index (κ1) is 16.1. The molecule has 1 atom stereocenters. The number of rotatable bonds is 1. The minimum atomic E-state index is -4.28. The molecule has 0 aliphatic rings. The van der Waals surface area contributed by atoms with Gasteiger partial charge in [-0.25, -0.2) is 0 Å². The summed E-state index contributed by atoms with van der Waals surface area (Å²) in [7, 11) is -1.90. The van der Waals surface area contributed by atoms with Crippen LogP contribution in [0.3, 0.4) is 0 Å². The fourth-order valence-corrected chi connectivity index (χ4v) is 4.22. The number of halogens is 5. The van der Waals surface area contributed by atoms with Gasteiger partial charge in [0.2, 0.25) is 0 Å². The second-order valence-corrected chi connectivity index (χ2v) is 6.70. The van der Waals surface area contributed by atoms with E-state index < -0.39 is 16.0 Å². The molecule has 2 aromatic carbocycles. The molecule has 0 spiro atoms. The number of hydrogen-bond donors (Lipinski definition) is 0. The predicted molar refractivity (Wildman–Crippen MR) is 85.4 cm³/mol. The van der Waals surface area contributed by atoms with Crippen LogP contribution in [-0.2, 0) is 5.51 Å². The maximum Gasteiger partial charge on any atom is 0.601 e. The van der Waals surface area contributed by atoms with Gasteiger partial charge in [0.15, 0.2) is 9.58 Å². The van der Waals surface area contributed by atoms with E-state index in [-0.39, 0.29) is 12.4 Å². The Labute approximate surface area is 133 Å². The summed E-state index contributed by atoms with van der Waals surface area (Å²) in [5.41, 5.74) is -3.72. The highest BCUT2D eigenvalue weighted by Gasteiger charge is 2.48. The largest absolute Gasteiger partial charge is 0.601 e. The molecule has 1 unspecified atom stereocenters. The highest BCUT2D eigenvalue weighted by Crippen LogP contribution is 2.54. The van der Waals surface area contributed by atoms with E-state index in [0.29, 0.717) is 25.5 Å². The predicted octanol–water partition coefficient (Wildman–Crippen LogP) is 6.81. The second kappa shape index (κ2) is 5.87. The molecule has 1 heterocycles. The van der Waals surface area contributed by atoms with Crippen LogP contribution < -0.4 is 0 Å². The van der Waals surface area contributed by atoms with Crippen LogP contribution in [0.1, 0.15) is 0 Å². The van der Waals surface area contributed by atoms with Gasteiger partial charge in [0.25, 0.3) is 0 Å². The maximum absolute atomic E-state index is 13.4. The molecule has 1 aromatic heterocycles. The molecule has 0 aliphatic heterocycles. The first-order chi connectivity index (χ1) is 9.47. The Kier molecular flexibility index (Phi) is 4.51. The molecule has 0 amide bonds. The fourth-order valence-electron chi connectivity index (χ4n) is 2.17. The van der Waals surface area contributed by atoms with Crippen LogP contribution in [0.25, 0.3) is 20.5 Å². The van der Waals surface area contributed by atoms with E-state index in [9.17, 15) is 13.2 Å². The first-order valence-electron chi connectivity index (χ1n) is 5.84. The number of hydrogen-bond acceptors (Lipinski definition) is 0. The van der Waals surface area contributed by atoms with E-state index in [0.717, 1.165) is 0 Å². The van der Waals surface area contributed by atoms with Crippen molar-refractivity contribution in [3.63, 3.8) is 0 Å². The monoisotopic (exact) mass is 349 g/mol. The summed E-state index contributed by atoms with van der Waals surface area (Å²) < 4.78 is 40.5. The van der Waals surface area contributed by atoms with Crippen LogP contribution in [0.4, 0.5) is 13.2 Å². The van der Waals surface area contributed by atoms with E-state index in [2.05, 4.69) is 0 Å². The smallest absolute Gasteiger partial charge is 0.147 e. The van der Waals surface area contributed by atoms with Crippen LogP contribution in [0.5, 0.6) is 0 Å². The molecule has 0 radical (unpaired) electrons. The summed E-state index contributed by atoms with van der Waals surface area (Å²) in [6.07, 6.45) is 0. The van der Waals surface area contributed by atoms with Crippen LogP contribution in [0.15, 0.2) is 54.6 Å². The first-order valence-corrected chi connectivity index (χ1v) is 7.45. The van der Waals surface area contributed by atoms with Crippen molar-refractivity contribution in [3.8, 4) is 10.4 Å². The highest BCUT2D eigenvalue weighted by molar-refractivity contribution is 7.41. The zero-order chi connectivity index (χ0) is 14.3. The van der Waals surface area contributed by atoms with E-state index >= 15 is 0 Å². The summed E-state index contributed by atoms with van der Waals surface area (Å²) in [6.45, 7) is 0. The van der Waals surface area contributed by atoms with Crippen molar-refractivity contribution in [1.29, 1.82) is 0 Å². The summed E-state index contributed by atoms with van der Waals surface area (Å²) in [6, 6.07) is 14.8. The van der Waals surface area contributed by atoms with Gasteiger partial charge in [-0.15, -0.1) is 25.6 Å². The van der Waals surface area contributed by atoms with Crippen LogP contribution in [0, 0.1) is 0 Å². The summed E-state index contributed by atoms with van der Waals surface area (Å²) in [5.74, 6) is 0. The molecule has 3 rings (SSSR count).